The molecule has 0 N–H and O–H groups in total. The third-order valence-electron chi connectivity index (χ3n) is 12.6. The highest BCUT2D eigenvalue weighted by Gasteiger charge is 2.51. The largest absolute Gasteiger partial charge is 0.311 e. The number of hydrogen-bond donors (Lipinski definition) is 0. The van der Waals surface area contributed by atoms with Crippen molar-refractivity contribution in [1.82, 2.24) is 0 Å². The minimum Gasteiger partial charge on any atom is -0.311 e. The summed E-state index contributed by atoms with van der Waals surface area (Å²) in [5, 5.41) is 0. The molecule has 13 rings (SSSR count). The van der Waals surface area contributed by atoms with Crippen LogP contribution in [0, 0.1) is 0 Å². The Morgan fingerprint density at radius 2 is 0.559 bits per heavy atom. The van der Waals surface area contributed by atoms with Gasteiger partial charge in [0.15, 0.2) is 0 Å². The van der Waals surface area contributed by atoms with E-state index in [1.54, 1.807) is 0 Å². The molecule has 0 unspecified atom stereocenters. The monoisotopic (exact) mass is 768 g/mol. The predicted octanol–water partition coefficient (Wildman–Crippen LogP) is 9.91. The fourth-order valence-electron chi connectivity index (χ4n) is 10.4. The lowest BCUT2D eigenvalue weighted by Crippen LogP contribution is -2.60. The van der Waals surface area contributed by atoms with Gasteiger partial charge in [0.05, 0.1) is 11.4 Å². The lowest BCUT2D eigenvalue weighted by molar-refractivity contribution is 1.23. The first-order valence-electron chi connectivity index (χ1n) is 20.4. The summed E-state index contributed by atoms with van der Waals surface area (Å²) < 4.78 is 2.74. The molecule has 4 aliphatic heterocycles. The van der Waals surface area contributed by atoms with Crippen molar-refractivity contribution in [2.75, 3.05) is 19.6 Å². The molecule has 0 spiro atoms. The fourth-order valence-corrected chi connectivity index (χ4v) is 11.9. The molecule has 0 atom stereocenters. The molecule has 0 amide bonds. The Hall–Kier alpha value is -7.21. The Morgan fingerprint density at radius 3 is 0.932 bits per heavy atom. The van der Waals surface area contributed by atoms with Crippen molar-refractivity contribution < 1.29 is 0 Å². The summed E-state index contributed by atoms with van der Waals surface area (Å²) in [4.78, 5) is 10.1. The summed E-state index contributed by atoms with van der Waals surface area (Å²) in [5.41, 5.74) is 19.8. The van der Waals surface area contributed by atoms with Crippen LogP contribution in [0.3, 0.4) is 0 Å². The number of nitrogens with zero attached hydrogens (tertiary/aromatic N) is 4. The van der Waals surface area contributed by atoms with Crippen molar-refractivity contribution in [3.8, 4) is 0 Å². The van der Waals surface area contributed by atoms with Gasteiger partial charge in [-0.05, 0) is 107 Å². The van der Waals surface area contributed by atoms with Crippen LogP contribution < -0.4 is 51.0 Å². The van der Waals surface area contributed by atoms with Crippen molar-refractivity contribution in [3.63, 3.8) is 0 Å². The second kappa shape index (κ2) is 12.6. The Morgan fingerprint density at radius 1 is 0.271 bits per heavy atom. The Bertz CT molecular complexity index is 2890. The minimum absolute atomic E-state index is 0.0304. The normalized spacial score (nSPS) is 13.9. The maximum atomic E-state index is 2.58. The lowest BCUT2D eigenvalue weighted by atomic mass is 9.35. The highest BCUT2D eigenvalue weighted by atomic mass is 32.1. The molecule has 5 heterocycles. The molecule has 274 valence electrons. The SMILES string of the molecule is c1ccc(N2c3ccccc3B3c4sc5c(c4N(c4ccccc4)c4cccc2c43)N(c2ccccc2)c2cccc3c2B5c2ccccc2N3c2ccccc2)cc1. The van der Waals surface area contributed by atoms with Gasteiger partial charge in [0.1, 0.15) is 0 Å². The highest BCUT2D eigenvalue weighted by Crippen LogP contribution is 2.52. The van der Waals surface area contributed by atoms with E-state index in [1.807, 2.05) is 11.3 Å². The average molecular weight is 769 g/mol. The van der Waals surface area contributed by atoms with Crippen molar-refractivity contribution in [2.45, 2.75) is 0 Å². The molecule has 0 aliphatic carbocycles. The lowest BCUT2D eigenvalue weighted by Gasteiger charge is -2.45. The third kappa shape index (κ3) is 4.56. The fraction of sp³-hybridized carbons (Fsp3) is 0. The topological polar surface area (TPSA) is 13.0 Å². The molecule has 9 aromatic rings. The van der Waals surface area contributed by atoms with E-state index in [0.717, 1.165) is 22.7 Å². The molecule has 0 fully saturated rings. The van der Waals surface area contributed by atoms with Crippen LogP contribution in [0.25, 0.3) is 0 Å². The van der Waals surface area contributed by atoms with Gasteiger partial charge in [0.2, 0.25) is 0 Å². The number of para-hydroxylation sites is 6. The van der Waals surface area contributed by atoms with E-state index in [1.165, 1.54) is 76.9 Å². The highest BCUT2D eigenvalue weighted by molar-refractivity contribution is 7.38. The van der Waals surface area contributed by atoms with Crippen molar-refractivity contribution in [2.24, 2.45) is 0 Å². The van der Waals surface area contributed by atoms with E-state index in [-0.39, 0.29) is 13.4 Å². The van der Waals surface area contributed by atoms with Crippen LogP contribution in [0.5, 0.6) is 0 Å². The van der Waals surface area contributed by atoms with Crippen LogP contribution in [0.2, 0.25) is 0 Å². The van der Waals surface area contributed by atoms with Gasteiger partial charge >= 0.3 is 0 Å². The zero-order valence-corrected chi connectivity index (χ0v) is 32.8. The quantitative estimate of drug-likeness (QED) is 0.165. The van der Waals surface area contributed by atoms with Gasteiger partial charge in [-0.2, -0.15) is 11.3 Å². The maximum Gasteiger partial charge on any atom is 0.264 e. The molecular formula is C52H34B2N4S. The second-order valence-electron chi connectivity index (χ2n) is 15.6. The van der Waals surface area contributed by atoms with Gasteiger partial charge in [-0.25, -0.2) is 0 Å². The van der Waals surface area contributed by atoms with E-state index in [9.17, 15) is 0 Å². The molecular weight excluding hydrogens is 734 g/mol. The maximum absolute atomic E-state index is 2.58. The molecule has 1 aromatic heterocycles. The Balaban J connectivity index is 1.16. The summed E-state index contributed by atoms with van der Waals surface area (Å²) in [7, 11) is 0. The van der Waals surface area contributed by atoms with Gasteiger partial charge in [0, 0.05) is 66.4 Å². The minimum atomic E-state index is 0.0304. The summed E-state index contributed by atoms with van der Waals surface area (Å²) in [6.45, 7) is 0.0607. The van der Waals surface area contributed by atoms with Crippen LogP contribution in [0.4, 0.5) is 68.2 Å². The van der Waals surface area contributed by atoms with E-state index in [0.29, 0.717) is 0 Å². The number of rotatable bonds is 4. The van der Waals surface area contributed by atoms with Crippen molar-refractivity contribution in [1.29, 1.82) is 0 Å². The molecule has 4 nitrogen and oxygen atoms in total. The zero-order chi connectivity index (χ0) is 38.6. The summed E-state index contributed by atoms with van der Waals surface area (Å²) >= 11 is 2.01. The van der Waals surface area contributed by atoms with Gasteiger partial charge in [-0.3, -0.25) is 0 Å². The van der Waals surface area contributed by atoms with E-state index >= 15 is 0 Å². The van der Waals surface area contributed by atoms with Crippen LogP contribution in [-0.4, -0.2) is 13.4 Å². The van der Waals surface area contributed by atoms with Crippen LogP contribution in [0.1, 0.15) is 0 Å². The number of thiophene rings is 1. The molecule has 8 aromatic carbocycles. The predicted molar refractivity (Wildman–Crippen MR) is 252 cm³/mol. The molecule has 7 heteroatoms. The molecule has 4 aliphatic rings. The zero-order valence-electron chi connectivity index (χ0n) is 32.0. The summed E-state index contributed by atoms with van der Waals surface area (Å²) in [6.07, 6.45) is 0. The van der Waals surface area contributed by atoms with Crippen molar-refractivity contribution in [3.05, 3.63) is 206 Å². The number of benzene rings is 8. The van der Waals surface area contributed by atoms with Crippen LogP contribution in [0.15, 0.2) is 206 Å². The first-order valence-corrected chi connectivity index (χ1v) is 21.2. The van der Waals surface area contributed by atoms with Crippen molar-refractivity contribution >= 4 is 124 Å². The van der Waals surface area contributed by atoms with Crippen LogP contribution in [-0.2, 0) is 0 Å². The number of anilines is 12. The molecule has 0 bridgehead atoms. The Labute approximate surface area is 348 Å². The van der Waals surface area contributed by atoms with E-state index < -0.39 is 0 Å². The molecule has 0 radical (unpaired) electrons. The van der Waals surface area contributed by atoms with E-state index in [4.69, 9.17) is 0 Å². The molecule has 59 heavy (non-hydrogen) atoms. The first kappa shape index (κ1) is 32.8. The smallest absolute Gasteiger partial charge is 0.264 e. The standard InChI is InChI=1S/C52H34B2N4S/c1-5-19-35(20-6-1)55-41-29-15-13-27-39(41)53-47-43(55)31-17-33-45(47)57(37-23-9-3-10-24-37)49-50-52(59-51(49)53)54-40-28-14-16-30-42(40)56(36-21-7-2-8-22-36)44-32-18-34-46(48(44)54)58(50)38-25-11-4-12-26-38/h1-34H. The van der Waals surface area contributed by atoms with Gasteiger partial charge < -0.3 is 19.6 Å². The summed E-state index contributed by atoms with van der Waals surface area (Å²) in [6, 6.07) is 75.8. The second-order valence-corrected chi connectivity index (χ2v) is 16.7. The van der Waals surface area contributed by atoms with Gasteiger partial charge in [-0.1, -0.05) is 121 Å². The average Bonchev–Trinajstić information content (AvgIpc) is 3.69. The van der Waals surface area contributed by atoms with Gasteiger partial charge in [-0.15, -0.1) is 0 Å². The number of fused-ring (bicyclic) bond motifs is 9. The summed E-state index contributed by atoms with van der Waals surface area (Å²) in [5.74, 6) is 0. The molecule has 0 saturated carbocycles. The van der Waals surface area contributed by atoms with Gasteiger partial charge in [0.25, 0.3) is 13.4 Å². The number of hydrogen-bond acceptors (Lipinski definition) is 5. The molecule has 0 saturated heterocycles. The Kier molecular flexibility index (Phi) is 7.04. The third-order valence-corrected chi connectivity index (χ3v) is 13.9. The van der Waals surface area contributed by atoms with Crippen LogP contribution >= 0.6 is 11.3 Å². The van der Waals surface area contributed by atoms with E-state index in [2.05, 4.69) is 226 Å². The first-order chi connectivity index (χ1) is 29.3.